The van der Waals surface area contributed by atoms with Crippen LogP contribution in [0.5, 0.6) is 0 Å². The van der Waals surface area contributed by atoms with Gasteiger partial charge in [0.15, 0.2) is 0 Å². The van der Waals surface area contributed by atoms with Crippen LogP contribution < -0.4 is 0 Å². The lowest BCUT2D eigenvalue weighted by atomic mass is 9.83. The first-order chi connectivity index (χ1) is 9.15. The highest BCUT2D eigenvalue weighted by atomic mass is 19.1. The van der Waals surface area contributed by atoms with Crippen molar-refractivity contribution in [3.8, 4) is 0 Å². The third-order valence-electron chi connectivity index (χ3n) is 3.81. The van der Waals surface area contributed by atoms with Crippen LogP contribution in [0, 0.1) is 11.7 Å². The van der Waals surface area contributed by atoms with E-state index >= 15 is 0 Å². The second-order valence-corrected chi connectivity index (χ2v) is 5.02. The lowest BCUT2D eigenvalue weighted by Crippen LogP contribution is -2.14. The van der Waals surface area contributed by atoms with Gasteiger partial charge in [0.1, 0.15) is 11.3 Å². The van der Waals surface area contributed by atoms with Gasteiger partial charge >= 0.3 is 5.97 Å². The number of fused-ring (bicyclic) bond motifs is 1. The first kappa shape index (κ1) is 12.1. The van der Waals surface area contributed by atoms with E-state index in [-0.39, 0.29) is 5.56 Å². The minimum atomic E-state index is -1.27. The molecule has 1 aliphatic rings. The summed E-state index contributed by atoms with van der Waals surface area (Å²) in [6.45, 7) is 0.700. The second-order valence-electron chi connectivity index (χ2n) is 5.02. The molecule has 100 valence electrons. The zero-order chi connectivity index (χ0) is 13.4. The summed E-state index contributed by atoms with van der Waals surface area (Å²) in [7, 11) is 0. The number of aromatic carboxylic acids is 1. The monoisotopic (exact) mass is 263 g/mol. The van der Waals surface area contributed by atoms with Crippen molar-refractivity contribution in [1.29, 1.82) is 0 Å². The smallest absolute Gasteiger partial charge is 0.338 e. The summed E-state index contributed by atoms with van der Waals surface area (Å²) in [4.78, 5) is 10.9. The van der Waals surface area contributed by atoms with Crippen molar-refractivity contribution < 1.29 is 14.3 Å². The molecule has 0 amide bonds. The molecule has 0 atom stereocenters. The van der Waals surface area contributed by atoms with Gasteiger partial charge in [0.25, 0.3) is 0 Å². The Balaban J connectivity index is 1.91. The van der Waals surface area contributed by atoms with Crippen molar-refractivity contribution in [3.05, 3.63) is 23.5 Å². The lowest BCUT2D eigenvalue weighted by molar-refractivity contribution is 0.0692. The van der Waals surface area contributed by atoms with Crippen molar-refractivity contribution >= 4 is 17.0 Å². The number of benzene rings is 1. The summed E-state index contributed by atoms with van der Waals surface area (Å²) in [6, 6.07) is 2.44. The number of carboxylic acids is 1. The predicted octanol–water partition coefficient (Wildman–Crippen LogP) is 2.46. The second kappa shape index (κ2) is 4.60. The molecule has 0 saturated heterocycles. The summed E-state index contributed by atoms with van der Waals surface area (Å²) < 4.78 is 15.2. The van der Waals surface area contributed by atoms with Gasteiger partial charge in [-0.2, -0.15) is 0 Å². The average molecular weight is 263 g/mol. The van der Waals surface area contributed by atoms with Crippen molar-refractivity contribution in [2.24, 2.45) is 5.92 Å². The van der Waals surface area contributed by atoms with E-state index in [0.717, 1.165) is 18.4 Å². The summed E-state index contributed by atoms with van der Waals surface area (Å²) in [5, 5.41) is 16.8. The summed E-state index contributed by atoms with van der Waals surface area (Å²) in [6.07, 6.45) is 4.80. The fourth-order valence-electron chi connectivity index (χ4n) is 2.40. The number of carbonyl (C=O) groups is 1. The van der Waals surface area contributed by atoms with Crippen LogP contribution in [0.25, 0.3) is 11.0 Å². The number of hydrogen-bond donors (Lipinski definition) is 1. The van der Waals surface area contributed by atoms with Gasteiger partial charge in [0.2, 0.25) is 0 Å². The van der Waals surface area contributed by atoms with Gasteiger partial charge in [-0.3, -0.25) is 0 Å². The molecule has 1 saturated carbocycles. The Morgan fingerprint density at radius 3 is 2.89 bits per heavy atom. The number of aryl methyl sites for hydroxylation is 1. The molecule has 3 rings (SSSR count). The van der Waals surface area contributed by atoms with E-state index in [9.17, 15) is 9.18 Å². The molecular formula is C13H14FN3O2. The van der Waals surface area contributed by atoms with E-state index in [4.69, 9.17) is 5.11 Å². The van der Waals surface area contributed by atoms with Crippen LogP contribution in [-0.4, -0.2) is 26.1 Å². The van der Waals surface area contributed by atoms with Gasteiger partial charge in [-0.15, -0.1) is 5.10 Å². The number of aromatic nitrogens is 3. The van der Waals surface area contributed by atoms with Gasteiger partial charge in [0.05, 0.1) is 11.1 Å². The zero-order valence-corrected chi connectivity index (χ0v) is 10.3. The molecule has 1 aliphatic carbocycles. The molecule has 5 nitrogen and oxygen atoms in total. The van der Waals surface area contributed by atoms with E-state index in [2.05, 4.69) is 10.3 Å². The van der Waals surface area contributed by atoms with E-state index in [1.54, 1.807) is 4.68 Å². The minimum Gasteiger partial charge on any atom is -0.478 e. The molecule has 1 aromatic carbocycles. The Bertz CT molecular complexity index is 634. The van der Waals surface area contributed by atoms with Gasteiger partial charge in [-0.05, 0) is 18.4 Å². The molecule has 1 N–H and O–H groups in total. The molecule has 0 spiro atoms. The van der Waals surface area contributed by atoms with Crippen LogP contribution >= 0.6 is 0 Å². The van der Waals surface area contributed by atoms with Crippen molar-refractivity contribution in [2.45, 2.75) is 32.2 Å². The quantitative estimate of drug-likeness (QED) is 0.920. The van der Waals surface area contributed by atoms with Crippen molar-refractivity contribution in [2.75, 3.05) is 0 Å². The number of rotatable bonds is 4. The Morgan fingerprint density at radius 1 is 1.47 bits per heavy atom. The summed E-state index contributed by atoms with van der Waals surface area (Å²) in [5.41, 5.74) is 0.647. The molecule has 0 bridgehead atoms. The number of nitrogens with zero attached hydrogens (tertiary/aromatic N) is 3. The predicted molar refractivity (Wildman–Crippen MR) is 66.4 cm³/mol. The van der Waals surface area contributed by atoms with E-state index < -0.39 is 11.8 Å². The normalized spacial score (nSPS) is 15.6. The standard InChI is InChI=1S/C13H14FN3O2/c14-10-7-11-12(6-9(10)13(18)19)17(16-15-11)5-4-8-2-1-3-8/h6-8H,1-5H2,(H,18,19). The Hall–Kier alpha value is -1.98. The molecule has 0 radical (unpaired) electrons. The molecule has 0 aliphatic heterocycles. The number of carboxylic acid groups (broad SMARTS) is 1. The maximum Gasteiger partial charge on any atom is 0.338 e. The zero-order valence-electron chi connectivity index (χ0n) is 10.3. The Morgan fingerprint density at radius 2 is 2.26 bits per heavy atom. The van der Waals surface area contributed by atoms with Crippen LogP contribution in [-0.2, 0) is 6.54 Å². The van der Waals surface area contributed by atoms with Crippen LogP contribution in [0.15, 0.2) is 12.1 Å². The first-order valence-corrected chi connectivity index (χ1v) is 6.41. The molecule has 1 heterocycles. The molecule has 6 heteroatoms. The maximum absolute atomic E-state index is 13.5. The van der Waals surface area contributed by atoms with Gasteiger partial charge in [0, 0.05) is 12.6 Å². The topological polar surface area (TPSA) is 68.0 Å². The van der Waals surface area contributed by atoms with Gasteiger partial charge in [-0.25, -0.2) is 13.9 Å². The highest BCUT2D eigenvalue weighted by molar-refractivity contribution is 5.92. The van der Waals surface area contributed by atoms with E-state index in [1.165, 1.54) is 25.3 Å². The van der Waals surface area contributed by atoms with E-state index in [0.29, 0.717) is 17.6 Å². The molecule has 1 aromatic heterocycles. The van der Waals surface area contributed by atoms with Gasteiger partial charge < -0.3 is 5.11 Å². The lowest BCUT2D eigenvalue weighted by Gasteiger charge is -2.24. The van der Waals surface area contributed by atoms with Crippen LogP contribution in [0.3, 0.4) is 0 Å². The summed E-state index contributed by atoms with van der Waals surface area (Å²) in [5.74, 6) is -1.31. The van der Waals surface area contributed by atoms with E-state index in [1.807, 2.05) is 0 Å². The van der Waals surface area contributed by atoms with Crippen LogP contribution in [0.2, 0.25) is 0 Å². The number of hydrogen-bond acceptors (Lipinski definition) is 3. The Labute approximate surface area is 109 Å². The largest absolute Gasteiger partial charge is 0.478 e. The highest BCUT2D eigenvalue weighted by Gasteiger charge is 2.19. The van der Waals surface area contributed by atoms with Crippen molar-refractivity contribution in [3.63, 3.8) is 0 Å². The summed E-state index contributed by atoms with van der Waals surface area (Å²) >= 11 is 0. The minimum absolute atomic E-state index is 0.334. The molecule has 2 aromatic rings. The third-order valence-corrected chi connectivity index (χ3v) is 3.81. The third kappa shape index (κ3) is 2.18. The fraction of sp³-hybridized carbons (Fsp3) is 0.462. The molecule has 1 fully saturated rings. The molecule has 19 heavy (non-hydrogen) atoms. The molecule has 0 unspecified atom stereocenters. The Kier molecular flexibility index (Phi) is 2.93. The SMILES string of the molecule is O=C(O)c1cc2c(cc1F)nnn2CCC1CCC1. The molecular weight excluding hydrogens is 249 g/mol. The van der Waals surface area contributed by atoms with Gasteiger partial charge in [-0.1, -0.05) is 24.5 Å². The van der Waals surface area contributed by atoms with Crippen LogP contribution in [0.4, 0.5) is 4.39 Å². The highest BCUT2D eigenvalue weighted by Crippen LogP contribution is 2.30. The van der Waals surface area contributed by atoms with Crippen molar-refractivity contribution in [1.82, 2.24) is 15.0 Å². The van der Waals surface area contributed by atoms with Crippen LogP contribution in [0.1, 0.15) is 36.0 Å². The average Bonchev–Trinajstić information content (AvgIpc) is 2.68. The maximum atomic E-state index is 13.5. The first-order valence-electron chi connectivity index (χ1n) is 6.41. The fourth-order valence-corrected chi connectivity index (χ4v) is 2.40. The number of halogens is 1.